The zero-order valence-corrected chi connectivity index (χ0v) is 18.9. The lowest BCUT2D eigenvalue weighted by atomic mass is 10.1. The minimum Gasteiger partial charge on any atom is -0.493 e. The lowest BCUT2D eigenvalue weighted by Gasteiger charge is -2.24. The molecule has 1 N–H and O–H groups in total. The number of imidazole rings is 1. The number of benzene rings is 2. The second-order valence-corrected chi connectivity index (χ2v) is 7.89. The lowest BCUT2D eigenvalue weighted by Crippen LogP contribution is -2.39. The molecule has 0 unspecified atom stereocenters. The van der Waals surface area contributed by atoms with E-state index < -0.39 is 6.04 Å². The summed E-state index contributed by atoms with van der Waals surface area (Å²) in [5.74, 6) is 1.02. The number of nitrogens with one attached hydrogen (secondary N) is 1. The maximum atomic E-state index is 13.4. The first-order valence-electron chi connectivity index (χ1n) is 10.9. The largest absolute Gasteiger partial charge is 0.493 e. The van der Waals surface area contributed by atoms with E-state index >= 15 is 0 Å². The molecule has 2 amide bonds. The van der Waals surface area contributed by atoms with Crippen molar-refractivity contribution >= 4 is 17.5 Å². The number of para-hydroxylation sites is 1. The highest BCUT2D eigenvalue weighted by atomic mass is 16.5. The first-order chi connectivity index (χ1) is 16.1. The van der Waals surface area contributed by atoms with Crippen molar-refractivity contribution in [1.29, 1.82) is 0 Å². The molecule has 2 aromatic carbocycles. The third kappa shape index (κ3) is 5.00. The Kier molecular flexibility index (Phi) is 6.92. The van der Waals surface area contributed by atoms with Gasteiger partial charge in [-0.25, -0.2) is 4.98 Å². The smallest absolute Gasteiger partial charge is 0.250 e. The summed E-state index contributed by atoms with van der Waals surface area (Å²) >= 11 is 0. The number of nitrogens with zero attached hydrogens (tertiary/aromatic N) is 3. The molecule has 0 saturated heterocycles. The van der Waals surface area contributed by atoms with Crippen LogP contribution in [0.15, 0.2) is 61.2 Å². The van der Waals surface area contributed by atoms with Crippen LogP contribution in [0.2, 0.25) is 0 Å². The molecule has 172 valence electrons. The van der Waals surface area contributed by atoms with Crippen LogP contribution in [0.25, 0.3) is 0 Å². The maximum absolute atomic E-state index is 13.4. The molecule has 4 rings (SSSR count). The van der Waals surface area contributed by atoms with E-state index in [4.69, 9.17) is 9.47 Å². The molecule has 0 fully saturated rings. The van der Waals surface area contributed by atoms with Crippen molar-refractivity contribution in [1.82, 2.24) is 14.9 Å². The van der Waals surface area contributed by atoms with Crippen LogP contribution in [0, 0.1) is 0 Å². The summed E-state index contributed by atoms with van der Waals surface area (Å²) in [6.45, 7) is 1.07. The summed E-state index contributed by atoms with van der Waals surface area (Å²) in [6, 6.07) is 12.9. The zero-order valence-electron chi connectivity index (χ0n) is 18.9. The second-order valence-electron chi connectivity index (χ2n) is 7.89. The van der Waals surface area contributed by atoms with Gasteiger partial charge < -0.3 is 24.3 Å². The molecule has 0 bridgehead atoms. The fourth-order valence-corrected chi connectivity index (χ4v) is 4.15. The molecule has 2 heterocycles. The fourth-order valence-electron chi connectivity index (χ4n) is 4.15. The highest BCUT2D eigenvalue weighted by Crippen LogP contribution is 2.30. The number of ether oxygens (including phenoxy) is 2. The molecule has 0 radical (unpaired) electrons. The normalized spacial score (nSPS) is 13.3. The number of aromatic nitrogens is 2. The van der Waals surface area contributed by atoms with Gasteiger partial charge in [-0.15, -0.1) is 0 Å². The predicted molar refractivity (Wildman–Crippen MR) is 125 cm³/mol. The van der Waals surface area contributed by atoms with Crippen molar-refractivity contribution in [3.05, 3.63) is 72.3 Å². The van der Waals surface area contributed by atoms with Crippen molar-refractivity contribution in [3.63, 3.8) is 0 Å². The van der Waals surface area contributed by atoms with E-state index in [2.05, 4.69) is 10.3 Å². The summed E-state index contributed by atoms with van der Waals surface area (Å²) < 4.78 is 12.3. The number of carbonyl (C=O) groups is 2. The van der Waals surface area contributed by atoms with Crippen molar-refractivity contribution in [3.8, 4) is 11.5 Å². The Labute approximate surface area is 193 Å². The summed E-state index contributed by atoms with van der Waals surface area (Å²) in [7, 11) is 3.19. The number of methoxy groups -OCH3 is 2. The minimum atomic E-state index is -0.653. The summed E-state index contributed by atoms with van der Waals surface area (Å²) in [5, 5.41) is 2.94. The fraction of sp³-hybridized carbons (Fsp3) is 0.320. The molecular formula is C25H28N4O4. The molecule has 0 spiro atoms. The first kappa shape index (κ1) is 22.4. The molecule has 1 atom stereocenters. The molecule has 0 aliphatic carbocycles. The number of hydrogen-bond donors (Lipinski definition) is 1. The van der Waals surface area contributed by atoms with Gasteiger partial charge in [0.25, 0.3) is 5.91 Å². The lowest BCUT2D eigenvalue weighted by molar-refractivity contribution is -0.128. The van der Waals surface area contributed by atoms with Crippen LogP contribution in [0.1, 0.15) is 23.6 Å². The van der Waals surface area contributed by atoms with Crippen molar-refractivity contribution < 1.29 is 19.1 Å². The van der Waals surface area contributed by atoms with Gasteiger partial charge in [-0.05, 0) is 42.2 Å². The van der Waals surface area contributed by atoms with Gasteiger partial charge >= 0.3 is 0 Å². The van der Waals surface area contributed by atoms with Crippen molar-refractivity contribution in [2.24, 2.45) is 0 Å². The van der Waals surface area contributed by atoms with E-state index in [0.717, 1.165) is 23.2 Å². The van der Waals surface area contributed by atoms with E-state index in [1.165, 1.54) is 0 Å². The average Bonchev–Trinajstić information content (AvgIpc) is 3.52. The predicted octanol–water partition coefficient (Wildman–Crippen LogP) is 2.78. The topological polar surface area (TPSA) is 85.7 Å². The van der Waals surface area contributed by atoms with E-state index in [-0.39, 0.29) is 18.2 Å². The Morgan fingerprint density at radius 1 is 1.12 bits per heavy atom. The summed E-state index contributed by atoms with van der Waals surface area (Å²) in [5.41, 5.74) is 3.08. The third-order valence-corrected chi connectivity index (χ3v) is 5.89. The Morgan fingerprint density at radius 2 is 1.94 bits per heavy atom. The second kappa shape index (κ2) is 10.2. The van der Waals surface area contributed by atoms with Crippen LogP contribution in [-0.2, 0) is 22.4 Å². The van der Waals surface area contributed by atoms with Crippen LogP contribution >= 0.6 is 0 Å². The van der Waals surface area contributed by atoms with Gasteiger partial charge in [0.05, 0.1) is 27.0 Å². The van der Waals surface area contributed by atoms with Crippen LogP contribution in [-0.4, -0.2) is 48.7 Å². The molecule has 1 aliphatic rings. The SMILES string of the molecule is COc1ccc(CCNC(=O)C[C@@H](C(=O)N2CCc3ccccc32)n2ccnc2)cc1OC. The van der Waals surface area contributed by atoms with Crippen LogP contribution < -0.4 is 19.7 Å². The minimum absolute atomic E-state index is 0.0415. The zero-order chi connectivity index (χ0) is 23.2. The monoisotopic (exact) mass is 448 g/mol. The third-order valence-electron chi connectivity index (χ3n) is 5.89. The van der Waals surface area contributed by atoms with Crippen LogP contribution in [0.3, 0.4) is 0 Å². The Morgan fingerprint density at radius 3 is 2.70 bits per heavy atom. The number of carbonyl (C=O) groups excluding carboxylic acids is 2. The van der Waals surface area contributed by atoms with Crippen molar-refractivity contribution in [2.45, 2.75) is 25.3 Å². The van der Waals surface area contributed by atoms with Gasteiger partial charge in [0, 0.05) is 31.2 Å². The van der Waals surface area contributed by atoms with Crippen LogP contribution in [0.4, 0.5) is 5.69 Å². The molecule has 33 heavy (non-hydrogen) atoms. The average molecular weight is 449 g/mol. The molecule has 3 aromatic rings. The van der Waals surface area contributed by atoms with E-state index in [9.17, 15) is 9.59 Å². The van der Waals surface area contributed by atoms with E-state index in [0.29, 0.717) is 31.0 Å². The van der Waals surface area contributed by atoms with Gasteiger partial charge in [-0.2, -0.15) is 0 Å². The number of amides is 2. The maximum Gasteiger partial charge on any atom is 0.250 e. The molecule has 8 nitrogen and oxygen atoms in total. The number of hydrogen-bond acceptors (Lipinski definition) is 5. The van der Waals surface area contributed by atoms with Gasteiger partial charge in [-0.1, -0.05) is 24.3 Å². The van der Waals surface area contributed by atoms with Gasteiger partial charge in [-0.3, -0.25) is 9.59 Å². The van der Waals surface area contributed by atoms with E-state index in [1.807, 2.05) is 42.5 Å². The Hall–Kier alpha value is -3.81. The number of anilines is 1. The molecule has 1 aromatic heterocycles. The first-order valence-corrected chi connectivity index (χ1v) is 10.9. The summed E-state index contributed by atoms with van der Waals surface area (Å²) in [6.07, 6.45) is 6.42. The molecule has 8 heteroatoms. The Bertz CT molecular complexity index is 1110. The number of fused-ring (bicyclic) bond motifs is 1. The molecule has 0 saturated carbocycles. The molecule has 1 aliphatic heterocycles. The van der Waals surface area contributed by atoms with Gasteiger partial charge in [0.15, 0.2) is 11.5 Å². The highest BCUT2D eigenvalue weighted by Gasteiger charge is 2.32. The quantitative estimate of drug-likeness (QED) is 0.544. The molecular weight excluding hydrogens is 420 g/mol. The van der Waals surface area contributed by atoms with E-state index in [1.54, 1.807) is 42.4 Å². The van der Waals surface area contributed by atoms with Gasteiger partial charge in [0.2, 0.25) is 5.91 Å². The van der Waals surface area contributed by atoms with Crippen LogP contribution in [0.5, 0.6) is 11.5 Å². The Balaban J connectivity index is 1.39. The van der Waals surface area contributed by atoms with Crippen molar-refractivity contribution in [2.75, 3.05) is 32.2 Å². The number of rotatable bonds is 9. The summed E-state index contributed by atoms with van der Waals surface area (Å²) in [4.78, 5) is 32.1. The standard InChI is InChI=1S/C25H28N4O4/c1-32-22-8-7-18(15-23(22)33-2)9-11-27-24(30)16-21(28-14-12-26-17-28)25(31)29-13-10-19-5-3-4-6-20(19)29/h3-8,12,14-15,17,21H,9-11,13,16H2,1-2H3,(H,27,30)/t21-/m0/s1. The van der Waals surface area contributed by atoms with Gasteiger partial charge in [0.1, 0.15) is 6.04 Å². The highest BCUT2D eigenvalue weighted by molar-refractivity contribution is 6.00.